The topological polar surface area (TPSA) is 116 Å². The average Bonchev–Trinajstić information content (AvgIpc) is 2.70. The zero-order valence-electron chi connectivity index (χ0n) is 15.5. The van der Waals surface area contributed by atoms with Gasteiger partial charge in [0.05, 0.1) is 22.1 Å². The summed E-state index contributed by atoms with van der Waals surface area (Å²) in [7, 11) is 0. The summed E-state index contributed by atoms with van der Waals surface area (Å²) in [6.07, 6.45) is -10.5. The van der Waals surface area contributed by atoms with E-state index in [2.05, 4.69) is 0 Å². The molecule has 0 spiro atoms. The Hall–Kier alpha value is -3.31. The maximum Gasteiger partial charge on any atom is 0.427 e. The number of alkyl halides is 6. The third-order valence-electron chi connectivity index (χ3n) is 4.04. The average molecular weight is 479 g/mol. The van der Waals surface area contributed by atoms with Crippen LogP contribution in [-0.4, -0.2) is 33.5 Å². The molecule has 1 amide bonds. The number of hydrogen-bond acceptors (Lipinski definition) is 6. The molecule has 0 saturated carbocycles. The molecule has 32 heavy (non-hydrogen) atoms. The van der Waals surface area contributed by atoms with Gasteiger partial charge in [0.15, 0.2) is 0 Å². The molecule has 2 aromatic rings. The van der Waals surface area contributed by atoms with Crippen molar-refractivity contribution < 1.29 is 41.2 Å². The van der Waals surface area contributed by atoms with Gasteiger partial charge >= 0.3 is 12.4 Å². The van der Waals surface area contributed by atoms with Gasteiger partial charge in [0, 0.05) is 28.5 Å². The minimum atomic E-state index is -5.51. The SMILES string of the molecule is N#Cc1ccc(NC(=O)C(O)(CSc2ccc([N+](=O)[O-])cc2)C(F)(F)F)cc1C(F)(F)F. The molecule has 2 N–H and O–H groups in total. The van der Waals surface area contributed by atoms with Gasteiger partial charge in [0.2, 0.25) is 5.60 Å². The molecule has 14 heteroatoms. The maximum absolute atomic E-state index is 13.5. The maximum atomic E-state index is 13.5. The van der Waals surface area contributed by atoms with Gasteiger partial charge in [0.1, 0.15) is 0 Å². The zero-order valence-corrected chi connectivity index (χ0v) is 16.3. The van der Waals surface area contributed by atoms with Crippen molar-refractivity contribution in [3.05, 3.63) is 63.7 Å². The molecule has 0 aliphatic rings. The molecule has 170 valence electrons. The molecule has 2 rings (SSSR count). The first-order chi connectivity index (χ1) is 14.7. The number of nitro benzene ring substituents is 1. The highest BCUT2D eigenvalue weighted by molar-refractivity contribution is 7.99. The van der Waals surface area contributed by atoms with Gasteiger partial charge in [0.25, 0.3) is 11.6 Å². The molecular formula is C18H11F6N3O4S. The lowest BCUT2D eigenvalue weighted by molar-refractivity contribution is -0.384. The molecule has 0 fully saturated rings. The van der Waals surface area contributed by atoms with Gasteiger partial charge in [-0.1, -0.05) is 0 Å². The third-order valence-corrected chi connectivity index (χ3v) is 5.21. The monoisotopic (exact) mass is 479 g/mol. The predicted molar refractivity (Wildman–Crippen MR) is 99.6 cm³/mol. The standard InChI is InChI=1S/C18H11F6N3O4S/c19-17(20,21)14-7-11(2-1-10(14)8-25)26-15(28)16(29,18(22,23)24)9-32-13-5-3-12(4-6-13)27(30)31/h1-7,29H,9H2,(H,26,28). The number of non-ortho nitro benzene ring substituents is 1. The van der Waals surface area contributed by atoms with Crippen LogP contribution in [0.4, 0.5) is 37.7 Å². The highest BCUT2D eigenvalue weighted by atomic mass is 32.2. The lowest BCUT2D eigenvalue weighted by atomic mass is 10.0. The molecule has 0 aliphatic heterocycles. The summed E-state index contributed by atoms with van der Waals surface area (Å²) in [5.74, 6) is -3.33. The highest BCUT2D eigenvalue weighted by Gasteiger charge is 2.59. The van der Waals surface area contributed by atoms with E-state index in [0.29, 0.717) is 17.8 Å². The quantitative estimate of drug-likeness (QED) is 0.273. The number of hydrogen-bond donors (Lipinski definition) is 2. The third kappa shape index (κ3) is 5.48. The van der Waals surface area contributed by atoms with Crippen LogP contribution in [0.25, 0.3) is 0 Å². The minimum Gasteiger partial charge on any atom is -0.372 e. The molecule has 0 bridgehead atoms. The summed E-state index contributed by atoms with van der Waals surface area (Å²) in [5, 5.41) is 31.0. The second-order valence-electron chi connectivity index (χ2n) is 6.22. The first-order valence-electron chi connectivity index (χ1n) is 8.28. The van der Waals surface area contributed by atoms with Gasteiger partial charge in [-0.25, -0.2) is 0 Å². The van der Waals surface area contributed by atoms with Crippen LogP contribution in [0, 0.1) is 21.4 Å². The molecule has 0 heterocycles. The number of aliphatic hydroxyl groups is 1. The van der Waals surface area contributed by atoms with Crippen LogP contribution in [0.15, 0.2) is 47.4 Å². The summed E-state index contributed by atoms with van der Waals surface area (Å²) in [4.78, 5) is 22.2. The Morgan fingerprint density at radius 1 is 1.12 bits per heavy atom. The lowest BCUT2D eigenvalue weighted by Crippen LogP contribution is -2.56. The minimum absolute atomic E-state index is 0.0591. The largest absolute Gasteiger partial charge is 0.427 e. The van der Waals surface area contributed by atoms with E-state index in [9.17, 15) is 46.4 Å². The fraction of sp³-hybridized carbons (Fsp3) is 0.222. The number of rotatable bonds is 6. The van der Waals surface area contributed by atoms with E-state index < -0.39 is 51.4 Å². The number of nitrogens with zero attached hydrogens (tertiary/aromatic N) is 2. The van der Waals surface area contributed by atoms with Crippen LogP contribution in [0.5, 0.6) is 0 Å². The van der Waals surface area contributed by atoms with Gasteiger partial charge in [-0.3, -0.25) is 14.9 Å². The van der Waals surface area contributed by atoms with Crippen molar-refractivity contribution in [3.63, 3.8) is 0 Å². The normalized spacial score (nSPS) is 13.7. The van der Waals surface area contributed by atoms with Crippen molar-refractivity contribution in [2.24, 2.45) is 0 Å². The van der Waals surface area contributed by atoms with E-state index in [0.717, 1.165) is 30.3 Å². The Kier molecular flexibility index (Phi) is 7.06. The first kappa shape index (κ1) is 25.0. The molecule has 0 saturated heterocycles. The van der Waals surface area contributed by atoms with Gasteiger partial charge < -0.3 is 10.4 Å². The molecule has 7 nitrogen and oxygen atoms in total. The van der Waals surface area contributed by atoms with Crippen LogP contribution >= 0.6 is 11.8 Å². The Balaban J connectivity index is 2.28. The summed E-state index contributed by atoms with van der Waals surface area (Å²) in [6, 6.07) is 7.22. The van der Waals surface area contributed by atoms with Crippen LogP contribution < -0.4 is 5.32 Å². The van der Waals surface area contributed by atoms with Crippen LogP contribution in [0.2, 0.25) is 0 Å². The van der Waals surface area contributed by atoms with E-state index in [1.165, 1.54) is 6.07 Å². The van der Waals surface area contributed by atoms with Crippen molar-refractivity contribution in [2.45, 2.75) is 22.8 Å². The summed E-state index contributed by atoms with van der Waals surface area (Å²) in [6.45, 7) is 0. The lowest BCUT2D eigenvalue weighted by Gasteiger charge is -2.29. The van der Waals surface area contributed by atoms with Crippen LogP contribution in [-0.2, 0) is 11.0 Å². The van der Waals surface area contributed by atoms with Gasteiger partial charge in [-0.05, 0) is 30.3 Å². The van der Waals surface area contributed by atoms with Crippen molar-refractivity contribution in [3.8, 4) is 6.07 Å². The fourth-order valence-corrected chi connectivity index (χ4v) is 3.32. The molecule has 0 radical (unpaired) electrons. The van der Waals surface area contributed by atoms with Crippen molar-refractivity contribution in [1.82, 2.24) is 0 Å². The zero-order chi connectivity index (χ0) is 24.3. The number of anilines is 1. The Morgan fingerprint density at radius 2 is 1.72 bits per heavy atom. The predicted octanol–water partition coefficient (Wildman–Crippen LogP) is 4.51. The molecule has 2 aromatic carbocycles. The number of benzene rings is 2. The van der Waals surface area contributed by atoms with E-state index in [1.54, 1.807) is 5.32 Å². The van der Waals surface area contributed by atoms with Gasteiger partial charge in [-0.2, -0.15) is 31.6 Å². The fourth-order valence-electron chi connectivity index (χ4n) is 2.32. The summed E-state index contributed by atoms with van der Waals surface area (Å²) in [5.41, 5.74) is -7.35. The molecule has 1 unspecified atom stereocenters. The van der Waals surface area contributed by atoms with Crippen molar-refractivity contribution >= 4 is 29.0 Å². The van der Waals surface area contributed by atoms with E-state index in [-0.39, 0.29) is 16.6 Å². The number of carbonyl (C=O) groups is 1. The summed E-state index contributed by atoms with van der Waals surface area (Å²) < 4.78 is 79.5. The Bertz CT molecular complexity index is 1070. The Labute approximate surface area is 179 Å². The van der Waals surface area contributed by atoms with E-state index in [1.807, 2.05) is 0 Å². The second-order valence-corrected chi connectivity index (χ2v) is 7.27. The van der Waals surface area contributed by atoms with Crippen molar-refractivity contribution in [1.29, 1.82) is 5.26 Å². The molecular weight excluding hydrogens is 468 g/mol. The van der Waals surface area contributed by atoms with Crippen molar-refractivity contribution in [2.75, 3.05) is 11.1 Å². The number of nitro groups is 1. The number of carbonyl (C=O) groups excluding carboxylic acids is 1. The smallest absolute Gasteiger partial charge is 0.372 e. The van der Waals surface area contributed by atoms with E-state index in [4.69, 9.17) is 5.26 Å². The number of nitriles is 1. The number of amides is 1. The van der Waals surface area contributed by atoms with Crippen LogP contribution in [0.1, 0.15) is 11.1 Å². The Morgan fingerprint density at radius 3 is 2.19 bits per heavy atom. The number of halogens is 6. The summed E-state index contributed by atoms with van der Waals surface area (Å²) >= 11 is 0.351. The second kappa shape index (κ2) is 9.05. The first-order valence-corrected chi connectivity index (χ1v) is 9.27. The van der Waals surface area contributed by atoms with Gasteiger partial charge in [-0.15, -0.1) is 11.8 Å². The molecule has 0 aliphatic carbocycles. The number of thioether (sulfide) groups is 1. The molecule has 1 atom stereocenters. The van der Waals surface area contributed by atoms with E-state index >= 15 is 0 Å². The highest BCUT2D eigenvalue weighted by Crippen LogP contribution is 2.38. The number of nitrogens with one attached hydrogen (secondary N) is 1. The van der Waals surface area contributed by atoms with Crippen LogP contribution in [0.3, 0.4) is 0 Å². The molecule has 0 aromatic heterocycles.